The van der Waals surface area contributed by atoms with Gasteiger partial charge in [0.2, 0.25) is 10.0 Å². The fraction of sp³-hybridized carbons (Fsp3) is 0.350. The molecular formula is C20H26N2O5S. The summed E-state index contributed by atoms with van der Waals surface area (Å²) in [6.45, 7) is 3.90. The van der Waals surface area contributed by atoms with Gasteiger partial charge in [-0.1, -0.05) is 19.1 Å². The van der Waals surface area contributed by atoms with Crippen LogP contribution in [0.2, 0.25) is 0 Å². The highest BCUT2D eigenvalue weighted by Gasteiger charge is 2.17. The van der Waals surface area contributed by atoms with Gasteiger partial charge in [0.15, 0.2) is 6.61 Å². The van der Waals surface area contributed by atoms with Crippen molar-refractivity contribution in [2.24, 2.45) is 0 Å². The van der Waals surface area contributed by atoms with Gasteiger partial charge in [0, 0.05) is 18.8 Å². The molecule has 0 spiro atoms. The summed E-state index contributed by atoms with van der Waals surface area (Å²) in [4.78, 5) is 12.2. The number of carbonyl (C=O) groups is 1. The molecule has 0 saturated carbocycles. The highest BCUT2D eigenvalue weighted by atomic mass is 32.2. The van der Waals surface area contributed by atoms with Gasteiger partial charge >= 0.3 is 0 Å². The van der Waals surface area contributed by atoms with E-state index in [0.29, 0.717) is 11.4 Å². The third kappa shape index (κ3) is 6.63. The smallest absolute Gasteiger partial charge is 0.262 e. The Morgan fingerprint density at radius 3 is 2.50 bits per heavy atom. The van der Waals surface area contributed by atoms with Crippen molar-refractivity contribution in [2.45, 2.75) is 31.2 Å². The molecular weight excluding hydrogens is 380 g/mol. The Morgan fingerprint density at radius 2 is 1.86 bits per heavy atom. The summed E-state index contributed by atoms with van der Waals surface area (Å²) in [6, 6.07) is 13.1. The van der Waals surface area contributed by atoms with Crippen LogP contribution in [0.1, 0.15) is 19.4 Å². The quantitative estimate of drug-likeness (QED) is 0.633. The number of anilines is 1. The van der Waals surface area contributed by atoms with Gasteiger partial charge in [-0.25, -0.2) is 13.1 Å². The lowest BCUT2D eigenvalue weighted by Crippen LogP contribution is -2.35. The zero-order valence-electron chi connectivity index (χ0n) is 16.3. The first-order valence-corrected chi connectivity index (χ1v) is 10.4. The molecule has 2 aromatic rings. The first kappa shape index (κ1) is 21.9. The molecule has 0 bridgehead atoms. The van der Waals surface area contributed by atoms with Crippen molar-refractivity contribution in [2.75, 3.05) is 25.6 Å². The highest BCUT2D eigenvalue weighted by Crippen LogP contribution is 2.16. The zero-order valence-corrected chi connectivity index (χ0v) is 17.1. The topological polar surface area (TPSA) is 93.7 Å². The number of nitrogens with one attached hydrogen (secondary N) is 2. The second kappa shape index (κ2) is 10.2. The number of amides is 1. The van der Waals surface area contributed by atoms with E-state index in [4.69, 9.17) is 9.47 Å². The van der Waals surface area contributed by atoms with Crippen LogP contribution in [0.25, 0.3) is 0 Å². The number of rotatable bonds is 10. The molecule has 0 fully saturated rings. The lowest BCUT2D eigenvalue weighted by atomic mass is 10.2. The molecule has 1 atom stereocenters. The van der Waals surface area contributed by atoms with E-state index in [2.05, 4.69) is 10.0 Å². The first-order chi connectivity index (χ1) is 13.3. The minimum absolute atomic E-state index is 0.112. The van der Waals surface area contributed by atoms with Gasteiger partial charge in [-0.2, -0.15) is 0 Å². The molecule has 2 rings (SSSR count). The molecule has 0 aliphatic rings. The number of ether oxygens (including phenoxy) is 2. The molecule has 28 heavy (non-hydrogen) atoms. The number of benzene rings is 2. The van der Waals surface area contributed by atoms with Crippen molar-refractivity contribution in [3.63, 3.8) is 0 Å². The molecule has 0 unspecified atom stereocenters. The van der Waals surface area contributed by atoms with Crippen LogP contribution < -0.4 is 14.8 Å². The third-order valence-corrected chi connectivity index (χ3v) is 5.50. The predicted octanol–water partition coefficient (Wildman–Crippen LogP) is 2.58. The van der Waals surface area contributed by atoms with Gasteiger partial charge in [0.25, 0.3) is 5.91 Å². The predicted molar refractivity (Wildman–Crippen MR) is 108 cm³/mol. The lowest BCUT2D eigenvalue weighted by Gasteiger charge is -2.13. The second-order valence-electron chi connectivity index (χ2n) is 6.34. The Bertz CT molecular complexity index is 882. The van der Waals surface area contributed by atoms with Crippen molar-refractivity contribution in [3.8, 4) is 5.75 Å². The van der Waals surface area contributed by atoms with E-state index >= 15 is 0 Å². The van der Waals surface area contributed by atoms with Crippen LogP contribution in [0.15, 0.2) is 53.4 Å². The molecule has 8 heteroatoms. The van der Waals surface area contributed by atoms with Crippen molar-refractivity contribution < 1.29 is 22.7 Å². The van der Waals surface area contributed by atoms with E-state index in [1.165, 1.54) is 31.4 Å². The van der Waals surface area contributed by atoms with Gasteiger partial charge in [0.05, 0.1) is 11.5 Å². The summed E-state index contributed by atoms with van der Waals surface area (Å²) in [5.41, 5.74) is 1.61. The molecule has 152 valence electrons. The summed E-state index contributed by atoms with van der Waals surface area (Å²) in [5.74, 6) is 0.302. The summed E-state index contributed by atoms with van der Waals surface area (Å²) in [7, 11) is -2.14. The normalized spacial score (nSPS) is 12.4. The summed E-state index contributed by atoms with van der Waals surface area (Å²) in [5, 5.41) is 2.68. The minimum Gasteiger partial charge on any atom is -0.484 e. The van der Waals surface area contributed by atoms with Crippen molar-refractivity contribution in [3.05, 3.63) is 54.1 Å². The monoisotopic (exact) mass is 406 g/mol. The minimum atomic E-state index is -3.65. The third-order valence-electron chi connectivity index (χ3n) is 3.90. The molecule has 1 amide bonds. The van der Waals surface area contributed by atoms with Crippen molar-refractivity contribution >= 4 is 21.6 Å². The van der Waals surface area contributed by atoms with Crippen LogP contribution >= 0.6 is 0 Å². The maximum Gasteiger partial charge on any atom is 0.262 e. The largest absolute Gasteiger partial charge is 0.484 e. The molecule has 2 aromatic carbocycles. The number of methoxy groups -OCH3 is 1. The van der Waals surface area contributed by atoms with Crippen molar-refractivity contribution in [1.82, 2.24) is 4.72 Å². The maximum absolute atomic E-state index is 12.3. The SMILES string of the molecule is CCc1cccc(OCC(=O)Nc2ccc(S(=O)(=O)N[C@@H](C)COC)cc2)c1. The van der Waals surface area contributed by atoms with E-state index in [1.54, 1.807) is 13.0 Å². The Hall–Kier alpha value is -2.42. The summed E-state index contributed by atoms with van der Waals surface area (Å²) < 4.78 is 37.5. The lowest BCUT2D eigenvalue weighted by molar-refractivity contribution is -0.118. The molecule has 0 radical (unpaired) electrons. The standard InChI is InChI=1S/C20H26N2O5S/c1-4-16-6-5-7-18(12-16)27-14-20(23)21-17-8-10-19(11-9-17)28(24,25)22-15(2)13-26-3/h5-12,15,22H,4,13-14H2,1-3H3,(H,21,23)/t15-/m0/s1. The van der Waals surface area contributed by atoms with E-state index in [-0.39, 0.29) is 30.1 Å². The van der Waals surface area contributed by atoms with Crippen molar-refractivity contribution in [1.29, 1.82) is 0 Å². The van der Waals surface area contributed by atoms with E-state index in [0.717, 1.165) is 12.0 Å². The number of hydrogen-bond donors (Lipinski definition) is 2. The molecule has 0 heterocycles. The van der Waals surface area contributed by atoms with Crippen LogP contribution in [-0.4, -0.2) is 40.7 Å². The molecule has 0 aliphatic heterocycles. The van der Waals surface area contributed by atoms with Crippen LogP contribution in [0.3, 0.4) is 0 Å². The average Bonchev–Trinajstić information content (AvgIpc) is 2.67. The van der Waals surface area contributed by atoms with Crippen LogP contribution in [0.5, 0.6) is 5.75 Å². The molecule has 2 N–H and O–H groups in total. The zero-order chi connectivity index (χ0) is 20.6. The number of carbonyl (C=O) groups excluding carboxylic acids is 1. The van der Waals surface area contributed by atoms with Gasteiger partial charge < -0.3 is 14.8 Å². The Labute approximate surface area is 166 Å². The first-order valence-electron chi connectivity index (χ1n) is 8.97. The Morgan fingerprint density at radius 1 is 1.14 bits per heavy atom. The highest BCUT2D eigenvalue weighted by molar-refractivity contribution is 7.89. The molecule has 0 saturated heterocycles. The fourth-order valence-corrected chi connectivity index (χ4v) is 3.76. The Kier molecular flexibility index (Phi) is 7.98. The van der Waals surface area contributed by atoms with Crippen LogP contribution in [0.4, 0.5) is 5.69 Å². The average molecular weight is 407 g/mol. The van der Waals surface area contributed by atoms with E-state index < -0.39 is 10.0 Å². The van der Waals surface area contributed by atoms with Gasteiger partial charge in [0.1, 0.15) is 5.75 Å². The van der Waals surface area contributed by atoms with Crippen LogP contribution in [-0.2, 0) is 26.0 Å². The van der Waals surface area contributed by atoms with Gasteiger partial charge in [-0.15, -0.1) is 0 Å². The maximum atomic E-state index is 12.3. The number of sulfonamides is 1. The van der Waals surface area contributed by atoms with Crippen LogP contribution in [0, 0.1) is 0 Å². The molecule has 7 nitrogen and oxygen atoms in total. The van der Waals surface area contributed by atoms with E-state index in [1.807, 2.05) is 25.1 Å². The second-order valence-corrected chi connectivity index (χ2v) is 8.05. The number of hydrogen-bond acceptors (Lipinski definition) is 5. The fourth-order valence-electron chi connectivity index (χ4n) is 2.54. The van der Waals surface area contributed by atoms with E-state index in [9.17, 15) is 13.2 Å². The van der Waals surface area contributed by atoms with Gasteiger partial charge in [-0.05, 0) is 55.3 Å². The number of aryl methyl sites for hydroxylation is 1. The molecule has 0 aromatic heterocycles. The summed E-state index contributed by atoms with van der Waals surface area (Å²) in [6.07, 6.45) is 0.887. The van der Waals surface area contributed by atoms with Gasteiger partial charge in [-0.3, -0.25) is 4.79 Å². The summed E-state index contributed by atoms with van der Waals surface area (Å²) >= 11 is 0. The Balaban J connectivity index is 1.91. The molecule has 0 aliphatic carbocycles.